The first kappa shape index (κ1) is 14.8. The lowest BCUT2D eigenvalue weighted by Gasteiger charge is -2.25. The van der Waals surface area contributed by atoms with Gasteiger partial charge in [-0.15, -0.1) is 0 Å². The lowest BCUT2D eigenvalue weighted by molar-refractivity contribution is 0.564. The van der Waals surface area contributed by atoms with Crippen molar-refractivity contribution in [3.8, 4) is 0 Å². The number of fused-ring (bicyclic) bond motifs is 1. The van der Waals surface area contributed by atoms with E-state index < -0.39 is 0 Å². The molecule has 0 spiro atoms. The molecule has 0 radical (unpaired) electrons. The Morgan fingerprint density at radius 1 is 1.10 bits per heavy atom. The van der Waals surface area contributed by atoms with Gasteiger partial charge in [-0.25, -0.2) is 0 Å². The first-order valence-corrected chi connectivity index (χ1v) is 8.69. The Morgan fingerprint density at radius 2 is 1.90 bits per heavy atom. The molecule has 1 unspecified atom stereocenters. The van der Waals surface area contributed by atoms with Crippen LogP contribution >= 0.6 is 15.9 Å². The van der Waals surface area contributed by atoms with E-state index >= 15 is 0 Å². The summed E-state index contributed by atoms with van der Waals surface area (Å²) < 4.78 is 1.14. The van der Waals surface area contributed by atoms with Crippen molar-refractivity contribution < 1.29 is 0 Å². The van der Waals surface area contributed by atoms with E-state index in [0.717, 1.165) is 11.0 Å². The summed E-state index contributed by atoms with van der Waals surface area (Å²) in [5, 5.41) is 6.27. The van der Waals surface area contributed by atoms with Gasteiger partial charge < -0.3 is 5.32 Å². The van der Waals surface area contributed by atoms with Gasteiger partial charge in [0.15, 0.2) is 0 Å². The molecule has 0 aliphatic heterocycles. The van der Waals surface area contributed by atoms with Gasteiger partial charge in [-0.2, -0.15) is 0 Å². The van der Waals surface area contributed by atoms with Crippen LogP contribution in [0.5, 0.6) is 0 Å². The maximum absolute atomic E-state index is 3.67. The van der Waals surface area contributed by atoms with Crippen molar-refractivity contribution in [2.75, 3.05) is 6.54 Å². The molecule has 2 heteroatoms. The highest BCUT2D eigenvalue weighted by Gasteiger charge is 2.17. The molecular formula is C19H22BrN. The highest BCUT2D eigenvalue weighted by atomic mass is 79.9. The summed E-state index contributed by atoms with van der Waals surface area (Å²) in [6, 6.07) is 13.7. The third kappa shape index (κ3) is 3.38. The molecule has 1 aliphatic rings. The van der Waals surface area contributed by atoms with E-state index in [9.17, 15) is 0 Å². The summed E-state index contributed by atoms with van der Waals surface area (Å²) >= 11 is 3.55. The molecule has 0 heterocycles. The second kappa shape index (κ2) is 6.76. The number of hydrogen-bond acceptors (Lipinski definition) is 1. The summed E-state index contributed by atoms with van der Waals surface area (Å²) in [4.78, 5) is 0. The van der Waals surface area contributed by atoms with E-state index in [1.54, 1.807) is 5.57 Å². The van der Waals surface area contributed by atoms with Gasteiger partial charge in [-0.05, 0) is 66.8 Å². The summed E-state index contributed by atoms with van der Waals surface area (Å²) in [6.45, 7) is 3.19. The van der Waals surface area contributed by atoms with E-state index in [4.69, 9.17) is 0 Å². The van der Waals surface area contributed by atoms with Gasteiger partial charge in [-0.1, -0.05) is 52.7 Å². The standard InChI is InChI=1S/C19H22BrN/c1-2-21-19(14-6-4-3-5-7-14)17-9-8-16-13-18(20)11-10-15(16)12-17/h6,8-13,19,21H,2-5,7H2,1H3. The first-order valence-electron chi connectivity index (χ1n) is 7.89. The fraction of sp³-hybridized carbons (Fsp3) is 0.368. The molecule has 1 atom stereocenters. The number of nitrogens with one attached hydrogen (secondary N) is 1. The number of halogens is 1. The van der Waals surface area contributed by atoms with Crippen molar-refractivity contribution >= 4 is 26.7 Å². The van der Waals surface area contributed by atoms with Gasteiger partial charge in [0.25, 0.3) is 0 Å². The molecule has 21 heavy (non-hydrogen) atoms. The molecule has 1 aliphatic carbocycles. The number of allylic oxidation sites excluding steroid dienone is 1. The summed E-state index contributed by atoms with van der Waals surface area (Å²) in [6.07, 6.45) is 7.58. The van der Waals surface area contributed by atoms with Crippen LogP contribution in [-0.2, 0) is 0 Å². The van der Waals surface area contributed by atoms with Gasteiger partial charge in [0, 0.05) is 4.47 Å². The van der Waals surface area contributed by atoms with Gasteiger partial charge in [0.05, 0.1) is 6.04 Å². The Labute approximate surface area is 135 Å². The normalized spacial score (nSPS) is 16.8. The molecule has 0 saturated carbocycles. The van der Waals surface area contributed by atoms with Crippen molar-refractivity contribution in [1.82, 2.24) is 5.32 Å². The fourth-order valence-corrected chi connectivity index (χ4v) is 3.59. The molecule has 110 valence electrons. The molecule has 3 rings (SSSR count). The molecule has 1 N–H and O–H groups in total. The molecule has 0 fully saturated rings. The van der Waals surface area contributed by atoms with E-state index in [-0.39, 0.29) is 0 Å². The van der Waals surface area contributed by atoms with Gasteiger partial charge in [0.2, 0.25) is 0 Å². The Hall–Kier alpha value is -1.12. The number of benzene rings is 2. The van der Waals surface area contributed by atoms with Crippen molar-refractivity contribution in [2.45, 2.75) is 38.6 Å². The second-order valence-electron chi connectivity index (χ2n) is 5.77. The van der Waals surface area contributed by atoms with E-state index in [1.807, 2.05) is 0 Å². The molecule has 0 aromatic heterocycles. The van der Waals surface area contributed by atoms with E-state index in [0.29, 0.717) is 6.04 Å². The average molecular weight is 344 g/mol. The summed E-state index contributed by atoms with van der Waals surface area (Å²) in [5.41, 5.74) is 2.96. The van der Waals surface area contributed by atoms with Crippen molar-refractivity contribution in [1.29, 1.82) is 0 Å². The highest BCUT2D eigenvalue weighted by Crippen LogP contribution is 2.32. The fourth-order valence-electron chi connectivity index (χ4n) is 3.21. The third-order valence-corrected chi connectivity index (χ3v) is 4.76. The maximum Gasteiger partial charge on any atom is 0.0536 e. The number of hydrogen-bond donors (Lipinski definition) is 1. The minimum Gasteiger partial charge on any atom is -0.307 e. The zero-order valence-corrected chi connectivity index (χ0v) is 14.1. The van der Waals surface area contributed by atoms with Crippen LogP contribution in [-0.4, -0.2) is 6.54 Å². The molecule has 0 bridgehead atoms. The monoisotopic (exact) mass is 343 g/mol. The molecule has 1 nitrogen and oxygen atoms in total. The molecule has 2 aromatic carbocycles. The molecule has 0 saturated heterocycles. The summed E-state index contributed by atoms with van der Waals surface area (Å²) in [5.74, 6) is 0. The van der Waals surface area contributed by atoms with Crippen LogP contribution < -0.4 is 5.32 Å². The van der Waals surface area contributed by atoms with Crippen LogP contribution in [0, 0.1) is 0 Å². The zero-order chi connectivity index (χ0) is 14.7. The lowest BCUT2D eigenvalue weighted by atomic mass is 9.89. The smallest absolute Gasteiger partial charge is 0.0536 e. The predicted octanol–water partition coefficient (Wildman–Crippen LogP) is 5.75. The largest absolute Gasteiger partial charge is 0.307 e. The first-order chi connectivity index (χ1) is 10.3. The second-order valence-corrected chi connectivity index (χ2v) is 6.68. The van der Waals surface area contributed by atoms with Gasteiger partial charge in [-0.3, -0.25) is 0 Å². The minimum absolute atomic E-state index is 0.378. The van der Waals surface area contributed by atoms with Crippen LogP contribution in [0.2, 0.25) is 0 Å². The lowest BCUT2D eigenvalue weighted by Crippen LogP contribution is -2.23. The van der Waals surface area contributed by atoms with Crippen LogP contribution in [0.1, 0.15) is 44.2 Å². The van der Waals surface area contributed by atoms with Gasteiger partial charge in [0.1, 0.15) is 0 Å². The highest BCUT2D eigenvalue weighted by molar-refractivity contribution is 9.10. The predicted molar refractivity (Wildman–Crippen MR) is 94.6 cm³/mol. The van der Waals surface area contributed by atoms with Crippen LogP contribution in [0.3, 0.4) is 0 Å². The Morgan fingerprint density at radius 3 is 2.67 bits per heavy atom. The van der Waals surface area contributed by atoms with Crippen molar-refractivity contribution in [3.05, 3.63) is 58.1 Å². The van der Waals surface area contributed by atoms with Gasteiger partial charge >= 0.3 is 0 Å². The topological polar surface area (TPSA) is 12.0 Å². The van der Waals surface area contributed by atoms with E-state index in [2.05, 4.69) is 70.6 Å². The molecule has 2 aromatic rings. The minimum atomic E-state index is 0.378. The third-order valence-electron chi connectivity index (χ3n) is 4.26. The maximum atomic E-state index is 3.67. The Kier molecular flexibility index (Phi) is 4.77. The number of likely N-dealkylation sites (N-methyl/N-ethyl adjacent to an activating group) is 1. The molecule has 0 amide bonds. The Bertz CT molecular complexity index is 660. The van der Waals surface area contributed by atoms with Crippen molar-refractivity contribution in [3.63, 3.8) is 0 Å². The zero-order valence-electron chi connectivity index (χ0n) is 12.5. The summed E-state index contributed by atoms with van der Waals surface area (Å²) in [7, 11) is 0. The number of rotatable bonds is 4. The van der Waals surface area contributed by atoms with Crippen LogP contribution in [0.25, 0.3) is 10.8 Å². The van der Waals surface area contributed by atoms with Crippen molar-refractivity contribution in [2.24, 2.45) is 0 Å². The van der Waals surface area contributed by atoms with E-state index in [1.165, 1.54) is 42.0 Å². The Balaban J connectivity index is 1.98. The molecular weight excluding hydrogens is 322 g/mol. The quantitative estimate of drug-likeness (QED) is 0.696. The SMILES string of the molecule is CCNC(C1=CCCCC1)c1ccc2cc(Br)ccc2c1. The average Bonchev–Trinajstić information content (AvgIpc) is 2.53. The van der Waals surface area contributed by atoms with Crippen LogP contribution in [0.15, 0.2) is 52.5 Å². The van der Waals surface area contributed by atoms with Crippen LogP contribution in [0.4, 0.5) is 0 Å².